The highest BCUT2D eigenvalue weighted by molar-refractivity contribution is 9.11. The number of nitrogens with two attached hydrogens (primary N) is 1. The van der Waals surface area contributed by atoms with E-state index in [2.05, 4.69) is 22.9 Å². The van der Waals surface area contributed by atoms with Gasteiger partial charge in [-0.1, -0.05) is 6.92 Å². The summed E-state index contributed by atoms with van der Waals surface area (Å²) in [4.78, 5) is 1.51. The van der Waals surface area contributed by atoms with E-state index in [1.54, 1.807) is 0 Å². The SMILES string of the molecule is CCC1CCc2sc(Br)c(N)c21. The number of rotatable bonds is 1. The molecule has 2 rings (SSSR count). The van der Waals surface area contributed by atoms with Gasteiger partial charge in [0.2, 0.25) is 0 Å². The number of aryl methyl sites for hydroxylation is 1. The lowest BCUT2D eigenvalue weighted by atomic mass is 10.0. The Kier molecular flexibility index (Phi) is 2.17. The van der Waals surface area contributed by atoms with Gasteiger partial charge in [0, 0.05) is 4.88 Å². The van der Waals surface area contributed by atoms with Crippen molar-refractivity contribution in [2.24, 2.45) is 0 Å². The number of fused-ring (bicyclic) bond motifs is 1. The van der Waals surface area contributed by atoms with Crippen LogP contribution in [0.1, 0.15) is 36.1 Å². The van der Waals surface area contributed by atoms with Crippen molar-refractivity contribution in [2.45, 2.75) is 32.1 Å². The third-order valence-corrected chi connectivity index (χ3v) is 4.62. The standard InChI is InChI=1S/C9H12BrNS/c1-2-5-3-4-6-7(5)8(11)9(10)12-6/h5H,2-4,11H2,1H3. The van der Waals surface area contributed by atoms with Crippen molar-refractivity contribution in [2.75, 3.05) is 5.73 Å². The smallest absolute Gasteiger partial charge is 0.0933 e. The van der Waals surface area contributed by atoms with Gasteiger partial charge in [0.25, 0.3) is 0 Å². The van der Waals surface area contributed by atoms with E-state index in [1.807, 2.05) is 11.3 Å². The third kappa shape index (κ3) is 1.11. The number of thiophene rings is 1. The van der Waals surface area contributed by atoms with Crippen molar-refractivity contribution in [1.82, 2.24) is 0 Å². The molecule has 0 radical (unpaired) electrons. The second-order valence-corrected chi connectivity index (χ2v) is 5.69. The van der Waals surface area contributed by atoms with Crippen LogP contribution in [0, 0.1) is 0 Å². The van der Waals surface area contributed by atoms with E-state index in [0.717, 1.165) is 15.4 Å². The largest absolute Gasteiger partial charge is 0.397 e. The Hall–Kier alpha value is -0.0200. The van der Waals surface area contributed by atoms with Crippen LogP contribution in [0.4, 0.5) is 5.69 Å². The first kappa shape index (κ1) is 8.57. The van der Waals surface area contributed by atoms with Crippen molar-refractivity contribution in [3.63, 3.8) is 0 Å². The molecular formula is C9H12BrNS. The molecule has 2 N–H and O–H groups in total. The molecule has 1 aromatic rings. The number of hydrogen-bond acceptors (Lipinski definition) is 2. The Bertz CT molecular complexity index is 306. The second-order valence-electron chi connectivity index (χ2n) is 3.27. The summed E-state index contributed by atoms with van der Waals surface area (Å²) >= 11 is 5.31. The maximum atomic E-state index is 5.98. The fourth-order valence-corrected chi connectivity index (χ4v) is 3.81. The molecular weight excluding hydrogens is 234 g/mol. The van der Waals surface area contributed by atoms with Gasteiger partial charge in [-0.05, 0) is 46.7 Å². The van der Waals surface area contributed by atoms with Gasteiger partial charge in [-0.15, -0.1) is 11.3 Å². The number of anilines is 1. The van der Waals surface area contributed by atoms with E-state index < -0.39 is 0 Å². The summed E-state index contributed by atoms with van der Waals surface area (Å²) in [6, 6.07) is 0. The highest BCUT2D eigenvalue weighted by Crippen LogP contribution is 2.47. The molecule has 12 heavy (non-hydrogen) atoms. The normalized spacial score (nSPS) is 21.3. The van der Waals surface area contributed by atoms with Crippen LogP contribution in [-0.4, -0.2) is 0 Å². The summed E-state index contributed by atoms with van der Waals surface area (Å²) in [6.45, 7) is 2.24. The Morgan fingerprint density at radius 2 is 2.42 bits per heavy atom. The molecule has 0 spiro atoms. The highest BCUT2D eigenvalue weighted by Gasteiger charge is 2.26. The highest BCUT2D eigenvalue weighted by atomic mass is 79.9. The molecule has 0 amide bonds. The molecule has 0 bridgehead atoms. The molecule has 0 aromatic carbocycles. The first-order chi connectivity index (χ1) is 5.74. The minimum atomic E-state index is 0.725. The average Bonchev–Trinajstić information content (AvgIpc) is 2.55. The molecule has 1 heterocycles. The van der Waals surface area contributed by atoms with Crippen molar-refractivity contribution in [3.8, 4) is 0 Å². The van der Waals surface area contributed by atoms with Gasteiger partial charge in [-0.3, -0.25) is 0 Å². The van der Waals surface area contributed by atoms with E-state index in [1.165, 1.54) is 29.7 Å². The second kappa shape index (κ2) is 3.04. The first-order valence-corrected chi connectivity index (χ1v) is 5.91. The van der Waals surface area contributed by atoms with Gasteiger partial charge in [0.15, 0.2) is 0 Å². The lowest BCUT2D eigenvalue weighted by Gasteiger charge is -2.06. The summed E-state index contributed by atoms with van der Waals surface area (Å²) in [5, 5.41) is 0. The van der Waals surface area contributed by atoms with E-state index in [9.17, 15) is 0 Å². The molecule has 1 aliphatic carbocycles. The maximum absolute atomic E-state index is 5.98. The van der Waals surface area contributed by atoms with Crippen LogP contribution in [0.2, 0.25) is 0 Å². The molecule has 1 atom stereocenters. The zero-order chi connectivity index (χ0) is 8.72. The number of halogens is 1. The fourth-order valence-electron chi connectivity index (χ4n) is 1.97. The summed E-state index contributed by atoms with van der Waals surface area (Å²) in [7, 11) is 0. The Labute approximate surface area is 85.1 Å². The average molecular weight is 246 g/mol. The minimum Gasteiger partial charge on any atom is -0.397 e. The van der Waals surface area contributed by atoms with Crippen LogP contribution in [0.3, 0.4) is 0 Å². The van der Waals surface area contributed by atoms with Gasteiger partial charge in [0.1, 0.15) is 0 Å². The Balaban J connectivity index is 2.48. The number of hydrogen-bond donors (Lipinski definition) is 1. The van der Waals surface area contributed by atoms with Gasteiger partial charge >= 0.3 is 0 Å². The number of nitrogen functional groups attached to an aromatic ring is 1. The molecule has 0 saturated carbocycles. The quantitative estimate of drug-likeness (QED) is 0.805. The lowest BCUT2D eigenvalue weighted by Crippen LogP contribution is -1.94. The Morgan fingerprint density at radius 1 is 1.67 bits per heavy atom. The summed E-state index contributed by atoms with van der Waals surface area (Å²) in [6.07, 6.45) is 3.75. The van der Waals surface area contributed by atoms with Crippen molar-refractivity contribution >= 4 is 33.0 Å². The maximum Gasteiger partial charge on any atom is 0.0933 e. The predicted octanol–water partition coefficient (Wildman–Crippen LogP) is 3.53. The molecule has 1 nitrogen and oxygen atoms in total. The van der Waals surface area contributed by atoms with Crippen LogP contribution < -0.4 is 5.73 Å². The molecule has 1 aromatic heterocycles. The van der Waals surface area contributed by atoms with Crippen LogP contribution in [-0.2, 0) is 6.42 Å². The zero-order valence-corrected chi connectivity index (χ0v) is 9.46. The van der Waals surface area contributed by atoms with Crippen LogP contribution in [0.25, 0.3) is 0 Å². The van der Waals surface area contributed by atoms with Crippen LogP contribution in [0.5, 0.6) is 0 Å². The first-order valence-electron chi connectivity index (χ1n) is 4.30. The predicted molar refractivity (Wildman–Crippen MR) is 57.8 cm³/mol. The molecule has 66 valence electrons. The summed E-state index contributed by atoms with van der Waals surface area (Å²) in [5.41, 5.74) is 8.42. The van der Waals surface area contributed by atoms with Crippen LogP contribution >= 0.6 is 27.3 Å². The fraction of sp³-hybridized carbons (Fsp3) is 0.556. The van der Waals surface area contributed by atoms with Gasteiger partial charge < -0.3 is 5.73 Å². The summed E-state index contributed by atoms with van der Waals surface area (Å²) < 4.78 is 1.13. The van der Waals surface area contributed by atoms with Gasteiger partial charge in [-0.25, -0.2) is 0 Å². The Morgan fingerprint density at radius 3 is 3.08 bits per heavy atom. The summed E-state index contributed by atoms with van der Waals surface area (Å²) in [5.74, 6) is 0.725. The molecule has 3 heteroatoms. The minimum absolute atomic E-state index is 0.725. The molecule has 1 unspecified atom stereocenters. The van der Waals surface area contributed by atoms with Crippen molar-refractivity contribution in [1.29, 1.82) is 0 Å². The third-order valence-electron chi connectivity index (χ3n) is 2.64. The molecule has 0 fully saturated rings. The van der Waals surface area contributed by atoms with Crippen molar-refractivity contribution < 1.29 is 0 Å². The zero-order valence-electron chi connectivity index (χ0n) is 7.06. The molecule has 1 aliphatic rings. The van der Waals surface area contributed by atoms with E-state index >= 15 is 0 Å². The topological polar surface area (TPSA) is 26.0 Å². The van der Waals surface area contributed by atoms with Crippen LogP contribution in [0.15, 0.2) is 3.79 Å². The van der Waals surface area contributed by atoms with Gasteiger partial charge in [-0.2, -0.15) is 0 Å². The molecule has 0 aliphatic heterocycles. The molecule has 0 saturated heterocycles. The van der Waals surface area contributed by atoms with E-state index in [0.29, 0.717) is 0 Å². The lowest BCUT2D eigenvalue weighted by molar-refractivity contribution is 0.657. The van der Waals surface area contributed by atoms with E-state index in [4.69, 9.17) is 5.73 Å². The van der Waals surface area contributed by atoms with E-state index in [-0.39, 0.29) is 0 Å². The monoisotopic (exact) mass is 245 g/mol. The van der Waals surface area contributed by atoms with Gasteiger partial charge in [0.05, 0.1) is 9.47 Å². The van der Waals surface area contributed by atoms with Crippen molar-refractivity contribution in [3.05, 3.63) is 14.2 Å².